The summed E-state index contributed by atoms with van der Waals surface area (Å²) in [6.45, 7) is 0. The van der Waals surface area contributed by atoms with E-state index in [9.17, 15) is 35.9 Å². The maximum atomic E-state index is 13.1. The zero-order valence-electron chi connectivity index (χ0n) is 19.3. The maximum Gasteiger partial charge on any atom is 0.416 e. The standard InChI is InChI=1S/C28H18F6N2O2/c29-27(30,31)21-9-19(11-23(35)13-21)25(37)17-5-1-15(2-6-17)16-3-7-18(8-4-16)26(38)20-10-22(28(32,33)34)14-24(36)12-20/h1-14H,35-36H2. The van der Waals surface area contributed by atoms with Gasteiger partial charge in [0.15, 0.2) is 11.6 Å². The van der Waals surface area contributed by atoms with Crippen molar-refractivity contribution in [2.24, 2.45) is 0 Å². The molecule has 0 aliphatic heterocycles. The van der Waals surface area contributed by atoms with Crippen LogP contribution in [0.5, 0.6) is 0 Å². The van der Waals surface area contributed by atoms with Gasteiger partial charge in [0.05, 0.1) is 11.1 Å². The molecule has 0 saturated carbocycles. The van der Waals surface area contributed by atoms with Crippen molar-refractivity contribution in [3.8, 4) is 11.1 Å². The van der Waals surface area contributed by atoms with E-state index in [1.54, 1.807) is 24.3 Å². The van der Waals surface area contributed by atoms with Gasteiger partial charge in [-0.15, -0.1) is 0 Å². The van der Waals surface area contributed by atoms with E-state index >= 15 is 0 Å². The van der Waals surface area contributed by atoms with Gasteiger partial charge in [-0.2, -0.15) is 26.3 Å². The molecule has 0 saturated heterocycles. The second kappa shape index (κ2) is 9.70. The van der Waals surface area contributed by atoms with E-state index in [2.05, 4.69) is 0 Å². The molecule has 0 fully saturated rings. The molecule has 0 heterocycles. The number of halogens is 6. The molecular formula is C28H18F6N2O2. The molecule has 4 rings (SSSR count). The predicted molar refractivity (Wildman–Crippen MR) is 130 cm³/mol. The van der Waals surface area contributed by atoms with Gasteiger partial charge in [0, 0.05) is 33.6 Å². The molecule has 0 aromatic heterocycles. The number of nitrogen functional groups attached to an aromatic ring is 2. The fourth-order valence-electron chi connectivity index (χ4n) is 3.85. The smallest absolute Gasteiger partial charge is 0.399 e. The summed E-state index contributed by atoms with van der Waals surface area (Å²) in [5.41, 5.74) is 9.78. The molecule has 0 amide bonds. The minimum absolute atomic E-state index is 0.140. The van der Waals surface area contributed by atoms with E-state index in [0.717, 1.165) is 24.3 Å². The quantitative estimate of drug-likeness (QED) is 0.166. The van der Waals surface area contributed by atoms with E-state index in [0.29, 0.717) is 11.1 Å². The summed E-state index contributed by atoms with van der Waals surface area (Å²) < 4.78 is 78.4. The van der Waals surface area contributed by atoms with Gasteiger partial charge >= 0.3 is 12.4 Å². The Balaban J connectivity index is 1.55. The molecule has 0 radical (unpaired) electrons. The molecule has 4 aromatic rings. The third-order valence-electron chi connectivity index (χ3n) is 5.72. The molecule has 0 atom stereocenters. The number of nitrogens with two attached hydrogens (primary N) is 2. The minimum atomic E-state index is -4.66. The van der Waals surface area contributed by atoms with Gasteiger partial charge in [-0.05, 0) is 47.5 Å². The molecule has 10 heteroatoms. The van der Waals surface area contributed by atoms with Gasteiger partial charge in [0.25, 0.3) is 0 Å². The molecule has 4 aromatic carbocycles. The Morgan fingerprint density at radius 1 is 0.474 bits per heavy atom. The van der Waals surface area contributed by atoms with Crippen LogP contribution in [0.25, 0.3) is 11.1 Å². The second-order valence-corrected chi connectivity index (χ2v) is 8.50. The van der Waals surface area contributed by atoms with Gasteiger partial charge < -0.3 is 11.5 Å². The number of alkyl halides is 6. The SMILES string of the molecule is Nc1cc(C(=O)c2ccc(-c3ccc(C(=O)c4cc(N)cc(C(F)(F)F)c4)cc3)cc2)cc(C(F)(F)F)c1. The third-order valence-corrected chi connectivity index (χ3v) is 5.72. The minimum Gasteiger partial charge on any atom is -0.399 e. The lowest BCUT2D eigenvalue weighted by molar-refractivity contribution is -0.138. The molecule has 0 aliphatic rings. The first-order valence-corrected chi connectivity index (χ1v) is 11.0. The van der Waals surface area contributed by atoms with Crippen molar-refractivity contribution in [1.29, 1.82) is 0 Å². The van der Waals surface area contributed by atoms with Gasteiger partial charge in [-0.25, -0.2) is 0 Å². The van der Waals surface area contributed by atoms with Crippen LogP contribution in [0.2, 0.25) is 0 Å². The normalized spacial score (nSPS) is 11.8. The summed E-state index contributed by atoms with van der Waals surface area (Å²) in [6.07, 6.45) is -9.31. The number of carbonyl (C=O) groups is 2. The van der Waals surface area contributed by atoms with Crippen LogP contribution in [0.4, 0.5) is 37.7 Å². The van der Waals surface area contributed by atoms with Crippen LogP contribution < -0.4 is 11.5 Å². The molecule has 38 heavy (non-hydrogen) atoms. The monoisotopic (exact) mass is 528 g/mol. The molecule has 0 aliphatic carbocycles. The molecule has 4 N–H and O–H groups in total. The molecule has 194 valence electrons. The Kier molecular flexibility index (Phi) is 6.75. The van der Waals surface area contributed by atoms with E-state index in [-0.39, 0.29) is 33.6 Å². The Labute approximate surface area is 212 Å². The average Bonchev–Trinajstić information content (AvgIpc) is 2.86. The first-order valence-electron chi connectivity index (χ1n) is 11.0. The average molecular weight is 528 g/mol. The van der Waals surface area contributed by atoms with Crippen molar-refractivity contribution >= 4 is 22.9 Å². The van der Waals surface area contributed by atoms with Crippen molar-refractivity contribution in [1.82, 2.24) is 0 Å². The van der Waals surface area contributed by atoms with Gasteiger partial charge in [0.2, 0.25) is 0 Å². The number of benzene rings is 4. The topological polar surface area (TPSA) is 86.2 Å². The Hall–Kier alpha value is -4.60. The van der Waals surface area contributed by atoms with Crippen LogP contribution in [0.15, 0.2) is 84.9 Å². The van der Waals surface area contributed by atoms with Crippen molar-refractivity contribution in [3.63, 3.8) is 0 Å². The Morgan fingerprint density at radius 2 is 0.789 bits per heavy atom. The lowest BCUT2D eigenvalue weighted by Gasteiger charge is -2.11. The fraction of sp³-hybridized carbons (Fsp3) is 0.0714. The number of hydrogen-bond donors (Lipinski definition) is 2. The number of rotatable bonds is 5. The molecular weight excluding hydrogens is 510 g/mol. The van der Waals surface area contributed by atoms with Crippen LogP contribution in [-0.2, 0) is 12.4 Å². The van der Waals surface area contributed by atoms with E-state index in [1.807, 2.05) is 0 Å². The van der Waals surface area contributed by atoms with E-state index in [1.165, 1.54) is 36.4 Å². The highest BCUT2D eigenvalue weighted by atomic mass is 19.4. The highest BCUT2D eigenvalue weighted by Crippen LogP contribution is 2.33. The van der Waals surface area contributed by atoms with Crippen LogP contribution in [0, 0.1) is 0 Å². The first kappa shape index (κ1) is 26.5. The lowest BCUT2D eigenvalue weighted by Crippen LogP contribution is -2.10. The number of carbonyl (C=O) groups excluding carboxylic acids is 2. The van der Waals surface area contributed by atoms with Crippen molar-refractivity contribution in [2.45, 2.75) is 12.4 Å². The summed E-state index contributed by atoms with van der Waals surface area (Å²) in [7, 11) is 0. The van der Waals surface area contributed by atoms with Crippen LogP contribution >= 0.6 is 0 Å². The zero-order chi connectivity index (χ0) is 27.8. The lowest BCUT2D eigenvalue weighted by atomic mass is 9.96. The van der Waals surface area contributed by atoms with Crippen LogP contribution in [0.3, 0.4) is 0 Å². The predicted octanol–water partition coefficient (Wildman–Crippen LogP) is 7.02. The molecule has 0 bridgehead atoms. The summed E-state index contributed by atoms with van der Waals surface area (Å²) in [6, 6.07) is 17.4. The molecule has 0 spiro atoms. The van der Waals surface area contributed by atoms with Crippen LogP contribution in [0.1, 0.15) is 43.0 Å². The van der Waals surface area contributed by atoms with Crippen molar-refractivity contribution in [2.75, 3.05) is 11.5 Å². The summed E-state index contributed by atoms with van der Waals surface area (Å²) in [5.74, 6) is -1.29. The number of anilines is 2. The van der Waals surface area contributed by atoms with Crippen molar-refractivity contribution in [3.05, 3.63) is 118 Å². The highest BCUT2D eigenvalue weighted by molar-refractivity contribution is 6.10. The van der Waals surface area contributed by atoms with Gasteiger partial charge in [-0.1, -0.05) is 48.5 Å². The fourth-order valence-corrected chi connectivity index (χ4v) is 3.85. The van der Waals surface area contributed by atoms with Gasteiger partial charge in [0.1, 0.15) is 0 Å². The maximum absolute atomic E-state index is 13.1. The Bertz CT molecular complexity index is 1410. The Morgan fingerprint density at radius 3 is 1.08 bits per heavy atom. The zero-order valence-corrected chi connectivity index (χ0v) is 19.3. The van der Waals surface area contributed by atoms with Crippen LogP contribution in [-0.4, -0.2) is 11.6 Å². The summed E-state index contributed by atoms with van der Waals surface area (Å²) in [5, 5.41) is 0. The summed E-state index contributed by atoms with van der Waals surface area (Å²) in [4.78, 5) is 25.5. The highest BCUT2D eigenvalue weighted by Gasteiger charge is 2.32. The van der Waals surface area contributed by atoms with Crippen molar-refractivity contribution < 1.29 is 35.9 Å². The van der Waals surface area contributed by atoms with E-state index < -0.39 is 35.0 Å². The molecule has 0 unspecified atom stereocenters. The molecule has 4 nitrogen and oxygen atoms in total. The van der Waals surface area contributed by atoms with E-state index in [4.69, 9.17) is 11.5 Å². The number of ketones is 2. The third kappa shape index (κ3) is 5.69. The number of hydrogen-bond acceptors (Lipinski definition) is 4. The second-order valence-electron chi connectivity index (χ2n) is 8.50. The summed E-state index contributed by atoms with van der Waals surface area (Å²) >= 11 is 0. The largest absolute Gasteiger partial charge is 0.416 e. The first-order chi connectivity index (χ1) is 17.7. The van der Waals surface area contributed by atoms with Gasteiger partial charge in [-0.3, -0.25) is 9.59 Å².